The fraction of sp³-hybridized carbons (Fsp3) is 0.345. The molecule has 1 heterocycles. The highest BCUT2D eigenvalue weighted by atomic mass is 19.1. The van der Waals surface area contributed by atoms with Gasteiger partial charge in [-0.05, 0) is 59.9 Å². The molecule has 2 N–H and O–H groups in total. The van der Waals surface area contributed by atoms with E-state index in [1.807, 2.05) is 44.2 Å². The van der Waals surface area contributed by atoms with Gasteiger partial charge >= 0.3 is 5.97 Å². The Morgan fingerprint density at radius 2 is 1.78 bits per heavy atom. The summed E-state index contributed by atoms with van der Waals surface area (Å²) in [6.07, 6.45) is 0.606. The van der Waals surface area contributed by atoms with Crippen LogP contribution in [0.25, 0.3) is 0 Å². The first-order valence-corrected chi connectivity index (χ1v) is 11.9. The quantitative estimate of drug-likeness (QED) is 0.375. The summed E-state index contributed by atoms with van der Waals surface area (Å²) in [5.74, 6) is 0.567. The molecule has 1 aliphatic heterocycles. The molecule has 0 aromatic heterocycles. The lowest BCUT2D eigenvalue weighted by molar-refractivity contribution is 0.0248. The summed E-state index contributed by atoms with van der Waals surface area (Å²) in [7, 11) is 3.16. The summed E-state index contributed by atoms with van der Waals surface area (Å²) in [6.45, 7) is 4.38. The van der Waals surface area contributed by atoms with Crippen molar-refractivity contribution in [1.29, 1.82) is 0 Å². The summed E-state index contributed by atoms with van der Waals surface area (Å²) in [5.41, 5.74) is 1.79. The lowest BCUT2D eigenvalue weighted by Crippen LogP contribution is -2.44. The van der Waals surface area contributed by atoms with Crippen LogP contribution >= 0.6 is 0 Å². The Bertz CT molecular complexity index is 1260. The van der Waals surface area contributed by atoms with Gasteiger partial charge in [-0.1, -0.05) is 32.0 Å². The van der Waals surface area contributed by atoms with E-state index in [9.17, 15) is 14.3 Å². The van der Waals surface area contributed by atoms with Gasteiger partial charge in [0.2, 0.25) is 0 Å². The summed E-state index contributed by atoms with van der Waals surface area (Å²) in [5, 5.41) is 15.4. The monoisotopic (exact) mass is 493 g/mol. The van der Waals surface area contributed by atoms with Gasteiger partial charge in [0.15, 0.2) is 0 Å². The van der Waals surface area contributed by atoms with Crippen molar-refractivity contribution in [2.45, 2.75) is 44.3 Å². The van der Waals surface area contributed by atoms with Crippen molar-refractivity contribution in [3.05, 3.63) is 88.7 Å². The minimum atomic E-state index is -1.25. The predicted molar refractivity (Wildman–Crippen MR) is 136 cm³/mol. The summed E-state index contributed by atoms with van der Waals surface area (Å²) in [6, 6.07) is 17.4. The maximum Gasteiger partial charge on any atom is 0.338 e. The third kappa shape index (κ3) is 5.46. The Labute approximate surface area is 211 Å². The second kappa shape index (κ2) is 10.2. The molecule has 0 fully saturated rings. The molecule has 0 spiro atoms. The summed E-state index contributed by atoms with van der Waals surface area (Å²) < 4.78 is 30.4. The molecule has 0 amide bonds. The van der Waals surface area contributed by atoms with E-state index in [-0.39, 0.29) is 24.9 Å². The zero-order chi connectivity index (χ0) is 25.9. The van der Waals surface area contributed by atoms with E-state index < -0.39 is 11.0 Å². The van der Waals surface area contributed by atoms with Crippen LogP contribution in [-0.4, -0.2) is 37.4 Å². The first kappa shape index (κ1) is 25.5. The van der Waals surface area contributed by atoms with Crippen molar-refractivity contribution in [3.63, 3.8) is 0 Å². The van der Waals surface area contributed by atoms with Gasteiger partial charge in [-0.2, -0.15) is 0 Å². The zero-order valence-electron chi connectivity index (χ0n) is 21.1. The SMILES string of the molecule is COc1ccccc1CC(O)(CNc1ccc2c(c1)COC2=O)CC(C)(C)c1cc(F)ccc1OC. The number of methoxy groups -OCH3 is 2. The molecule has 36 heavy (non-hydrogen) atoms. The average molecular weight is 494 g/mol. The number of benzene rings is 3. The first-order valence-electron chi connectivity index (χ1n) is 11.9. The van der Waals surface area contributed by atoms with Gasteiger partial charge in [0.05, 0.1) is 25.4 Å². The number of esters is 1. The number of fused-ring (bicyclic) bond motifs is 1. The van der Waals surface area contributed by atoms with Crippen LogP contribution in [0.5, 0.6) is 11.5 Å². The number of cyclic esters (lactones) is 1. The van der Waals surface area contributed by atoms with E-state index >= 15 is 0 Å². The standard InChI is InChI=1S/C29H32FNO5/c1-28(2,24-14-21(30)9-12-26(24)35-4)17-29(33,15-19-7-5-6-8-25(19)34-3)18-31-22-10-11-23-20(13-22)16-36-27(23)32/h5-14,31,33H,15-18H2,1-4H3. The van der Waals surface area contributed by atoms with Crippen LogP contribution in [-0.2, 0) is 23.2 Å². The van der Waals surface area contributed by atoms with Gasteiger partial charge in [0, 0.05) is 29.8 Å². The number of halogens is 1. The van der Waals surface area contributed by atoms with Crippen LogP contribution in [0.15, 0.2) is 60.7 Å². The molecular weight excluding hydrogens is 461 g/mol. The molecule has 1 aliphatic rings. The Hall–Kier alpha value is -3.58. The van der Waals surface area contributed by atoms with Crippen LogP contribution in [0, 0.1) is 5.82 Å². The number of anilines is 1. The van der Waals surface area contributed by atoms with Gasteiger partial charge in [-0.25, -0.2) is 9.18 Å². The number of carbonyl (C=O) groups is 1. The molecule has 0 saturated carbocycles. The largest absolute Gasteiger partial charge is 0.496 e. The normalized spacial score (nSPS) is 14.6. The number of para-hydroxylation sites is 1. The topological polar surface area (TPSA) is 77.0 Å². The molecule has 0 radical (unpaired) electrons. The first-order chi connectivity index (χ1) is 17.1. The molecule has 6 nitrogen and oxygen atoms in total. The van der Waals surface area contributed by atoms with Crippen LogP contribution in [0.2, 0.25) is 0 Å². The minimum Gasteiger partial charge on any atom is -0.496 e. The minimum absolute atomic E-state index is 0.208. The second-order valence-electron chi connectivity index (χ2n) is 9.92. The molecule has 0 saturated heterocycles. The van der Waals surface area contributed by atoms with Crippen LogP contribution in [0.1, 0.15) is 47.3 Å². The maximum absolute atomic E-state index is 14.2. The van der Waals surface area contributed by atoms with E-state index in [2.05, 4.69) is 5.32 Å². The highest BCUT2D eigenvalue weighted by molar-refractivity contribution is 5.93. The van der Waals surface area contributed by atoms with Gasteiger partial charge in [0.1, 0.15) is 23.9 Å². The Morgan fingerprint density at radius 1 is 1.03 bits per heavy atom. The second-order valence-corrected chi connectivity index (χ2v) is 9.92. The average Bonchev–Trinajstić information content (AvgIpc) is 3.22. The van der Waals surface area contributed by atoms with Crippen LogP contribution in [0.3, 0.4) is 0 Å². The molecule has 0 bridgehead atoms. The fourth-order valence-electron chi connectivity index (χ4n) is 5.03. The van der Waals surface area contributed by atoms with Gasteiger partial charge in [-0.15, -0.1) is 0 Å². The molecule has 4 rings (SSSR count). The number of aliphatic hydroxyl groups is 1. The molecule has 1 atom stereocenters. The van der Waals surface area contributed by atoms with Crippen molar-refractivity contribution in [2.75, 3.05) is 26.1 Å². The third-order valence-corrected chi connectivity index (χ3v) is 6.68. The molecule has 3 aromatic rings. The number of nitrogens with one attached hydrogen (secondary N) is 1. The number of hydrogen-bond acceptors (Lipinski definition) is 6. The zero-order valence-corrected chi connectivity index (χ0v) is 21.1. The molecular formula is C29H32FNO5. The molecule has 0 aliphatic carbocycles. The number of hydrogen-bond donors (Lipinski definition) is 2. The van der Waals surface area contributed by atoms with E-state index in [1.165, 1.54) is 12.1 Å². The van der Waals surface area contributed by atoms with Crippen LogP contribution < -0.4 is 14.8 Å². The fourth-order valence-corrected chi connectivity index (χ4v) is 5.03. The number of ether oxygens (including phenoxy) is 3. The summed E-state index contributed by atoms with van der Waals surface area (Å²) in [4.78, 5) is 11.8. The van der Waals surface area contributed by atoms with Gasteiger partial charge < -0.3 is 24.6 Å². The Balaban J connectivity index is 1.65. The van der Waals surface area contributed by atoms with Gasteiger partial charge in [0.25, 0.3) is 0 Å². The van der Waals surface area contributed by atoms with Crippen molar-refractivity contribution in [1.82, 2.24) is 0 Å². The Kier molecular flexibility index (Phi) is 7.22. The Morgan fingerprint density at radius 3 is 2.53 bits per heavy atom. The van der Waals surface area contributed by atoms with Crippen LogP contribution in [0.4, 0.5) is 10.1 Å². The van der Waals surface area contributed by atoms with E-state index in [4.69, 9.17) is 14.2 Å². The van der Waals surface area contributed by atoms with E-state index in [0.717, 1.165) is 16.8 Å². The molecule has 7 heteroatoms. The van der Waals surface area contributed by atoms with Crippen molar-refractivity contribution in [3.8, 4) is 11.5 Å². The predicted octanol–water partition coefficient (Wildman–Crippen LogP) is 5.27. The smallest absolute Gasteiger partial charge is 0.338 e. The van der Waals surface area contributed by atoms with Crippen molar-refractivity contribution >= 4 is 11.7 Å². The highest BCUT2D eigenvalue weighted by Crippen LogP contribution is 2.40. The molecule has 1 unspecified atom stereocenters. The van der Waals surface area contributed by atoms with E-state index in [1.54, 1.807) is 32.4 Å². The number of carbonyl (C=O) groups excluding carboxylic acids is 1. The van der Waals surface area contributed by atoms with Crippen molar-refractivity contribution < 1.29 is 28.5 Å². The third-order valence-electron chi connectivity index (χ3n) is 6.68. The highest BCUT2D eigenvalue weighted by Gasteiger charge is 2.38. The molecule has 190 valence electrons. The lowest BCUT2D eigenvalue weighted by Gasteiger charge is -2.38. The number of rotatable bonds is 10. The molecule has 3 aromatic carbocycles. The van der Waals surface area contributed by atoms with Gasteiger partial charge in [-0.3, -0.25) is 0 Å². The summed E-state index contributed by atoms with van der Waals surface area (Å²) >= 11 is 0. The van der Waals surface area contributed by atoms with Crippen molar-refractivity contribution in [2.24, 2.45) is 0 Å². The lowest BCUT2D eigenvalue weighted by atomic mass is 9.73. The van der Waals surface area contributed by atoms with E-state index in [0.29, 0.717) is 35.5 Å². The maximum atomic E-state index is 14.2.